The number of rotatable bonds is 6. The normalized spacial score (nSPS) is 15.4. The van der Waals surface area contributed by atoms with Crippen LogP contribution in [0.1, 0.15) is 52.8 Å². The summed E-state index contributed by atoms with van der Waals surface area (Å²) in [4.78, 5) is 40.7. The van der Waals surface area contributed by atoms with Gasteiger partial charge in [-0.25, -0.2) is 9.59 Å². The molecule has 0 spiro atoms. The minimum Gasteiger partial charge on any atom is -0.465 e. The van der Waals surface area contributed by atoms with E-state index in [2.05, 4.69) is 0 Å². The zero-order valence-corrected chi connectivity index (χ0v) is 21.9. The molecule has 2 heterocycles. The number of carbonyl (C=O) groups excluding carboxylic acids is 3. The molecule has 0 aliphatic carbocycles. The van der Waals surface area contributed by atoms with Crippen molar-refractivity contribution in [2.75, 3.05) is 14.2 Å². The molecule has 1 atom stereocenters. The van der Waals surface area contributed by atoms with Gasteiger partial charge in [-0.15, -0.1) is 0 Å². The van der Waals surface area contributed by atoms with Gasteiger partial charge in [0.2, 0.25) is 0 Å². The summed E-state index contributed by atoms with van der Waals surface area (Å²) < 4.78 is 12.0. The predicted molar refractivity (Wildman–Crippen MR) is 141 cm³/mol. The van der Waals surface area contributed by atoms with E-state index in [1.807, 2.05) is 73.9 Å². The third kappa shape index (κ3) is 4.48. The lowest BCUT2D eigenvalue weighted by Crippen LogP contribution is -2.28. The molecule has 2 aromatic carbocycles. The van der Waals surface area contributed by atoms with Crippen LogP contribution in [0.4, 0.5) is 0 Å². The van der Waals surface area contributed by atoms with Crippen molar-refractivity contribution in [2.24, 2.45) is 0 Å². The standard InChI is InChI=1S/C30H30N2O5/c1-18-16-23(20(3)31(18)26-15-11-10-14-24(26)29(34)36-5)17-25-27(30(35)37-6)21(4)32(28(25)33)19(2)22-12-8-7-9-13-22/h7-17,19H,1-6H3/b25-17-/t19-/m0/s1. The number of para-hydroxylation sites is 1. The molecule has 3 aromatic rings. The van der Waals surface area contributed by atoms with Crippen molar-refractivity contribution in [1.82, 2.24) is 9.47 Å². The Morgan fingerprint density at radius 2 is 1.51 bits per heavy atom. The highest BCUT2D eigenvalue weighted by molar-refractivity contribution is 6.16. The van der Waals surface area contributed by atoms with Gasteiger partial charge in [0.15, 0.2) is 0 Å². The molecule has 1 aliphatic heterocycles. The number of amides is 1. The molecule has 0 N–H and O–H groups in total. The molecule has 1 aliphatic rings. The van der Waals surface area contributed by atoms with Gasteiger partial charge < -0.3 is 18.9 Å². The summed E-state index contributed by atoms with van der Waals surface area (Å²) in [5, 5.41) is 0. The SMILES string of the molecule is COC(=O)C1=C(C)N([C@@H](C)c2ccccc2)C(=O)/C1=C\c1cc(C)n(-c2ccccc2C(=O)OC)c1C. The van der Waals surface area contributed by atoms with Crippen LogP contribution in [0.3, 0.4) is 0 Å². The number of nitrogens with zero attached hydrogens (tertiary/aromatic N) is 2. The number of aryl methyl sites for hydroxylation is 1. The summed E-state index contributed by atoms with van der Waals surface area (Å²) >= 11 is 0. The van der Waals surface area contributed by atoms with Crippen LogP contribution in [-0.2, 0) is 19.1 Å². The second-order valence-electron chi connectivity index (χ2n) is 8.94. The van der Waals surface area contributed by atoms with Gasteiger partial charge in [-0.3, -0.25) is 4.79 Å². The lowest BCUT2D eigenvalue weighted by molar-refractivity contribution is -0.136. The van der Waals surface area contributed by atoms with Crippen LogP contribution in [-0.4, -0.2) is 41.5 Å². The minimum atomic E-state index is -0.565. The summed E-state index contributed by atoms with van der Waals surface area (Å²) in [6, 6.07) is 18.5. The van der Waals surface area contributed by atoms with E-state index in [4.69, 9.17) is 9.47 Å². The van der Waals surface area contributed by atoms with Crippen LogP contribution in [0.5, 0.6) is 0 Å². The number of methoxy groups -OCH3 is 2. The minimum absolute atomic E-state index is 0.245. The van der Waals surface area contributed by atoms with Gasteiger partial charge in [0.05, 0.1) is 42.7 Å². The van der Waals surface area contributed by atoms with E-state index in [1.165, 1.54) is 14.2 Å². The predicted octanol–water partition coefficient (Wildman–Crippen LogP) is 5.31. The maximum Gasteiger partial charge on any atom is 0.340 e. The van der Waals surface area contributed by atoms with E-state index in [1.54, 1.807) is 30.0 Å². The highest BCUT2D eigenvalue weighted by Crippen LogP contribution is 2.38. The zero-order chi connectivity index (χ0) is 26.9. The molecular formula is C30H30N2O5. The first kappa shape index (κ1) is 25.7. The fourth-order valence-corrected chi connectivity index (χ4v) is 4.96. The third-order valence-corrected chi connectivity index (χ3v) is 6.82. The van der Waals surface area contributed by atoms with E-state index in [9.17, 15) is 14.4 Å². The molecule has 0 fully saturated rings. The van der Waals surface area contributed by atoms with Gasteiger partial charge in [-0.2, -0.15) is 0 Å². The maximum atomic E-state index is 13.8. The molecule has 0 saturated carbocycles. The van der Waals surface area contributed by atoms with E-state index in [0.29, 0.717) is 16.9 Å². The van der Waals surface area contributed by atoms with Crippen molar-refractivity contribution in [3.8, 4) is 5.69 Å². The first-order valence-corrected chi connectivity index (χ1v) is 12.0. The number of hydrogen-bond acceptors (Lipinski definition) is 5. The molecule has 7 heteroatoms. The molecule has 0 saturated heterocycles. The number of hydrogen-bond donors (Lipinski definition) is 0. The number of esters is 2. The number of carbonyl (C=O) groups is 3. The number of allylic oxidation sites excluding steroid dienone is 1. The molecule has 37 heavy (non-hydrogen) atoms. The average Bonchev–Trinajstić information content (AvgIpc) is 3.33. The van der Waals surface area contributed by atoms with Crippen molar-refractivity contribution >= 4 is 23.9 Å². The summed E-state index contributed by atoms with van der Waals surface area (Å²) in [5.74, 6) is -1.27. The van der Waals surface area contributed by atoms with Crippen molar-refractivity contribution in [1.29, 1.82) is 0 Å². The Kier molecular flexibility index (Phi) is 7.16. The number of ether oxygens (including phenoxy) is 2. The fraction of sp³-hybridized carbons (Fsp3) is 0.233. The average molecular weight is 499 g/mol. The third-order valence-electron chi connectivity index (χ3n) is 6.82. The van der Waals surface area contributed by atoms with Gasteiger partial charge in [0, 0.05) is 17.1 Å². The van der Waals surface area contributed by atoms with Gasteiger partial charge in [-0.05, 0) is 63.1 Å². The molecule has 7 nitrogen and oxygen atoms in total. The summed E-state index contributed by atoms with van der Waals surface area (Å²) in [5.41, 5.74) is 5.55. The number of benzene rings is 2. The highest BCUT2D eigenvalue weighted by atomic mass is 16.5. The first-order chi connectivity index (χ1) is 17.7. The lowest BCUT2D eigenvalue weighted by atomic mass is 10.0. The summed E-state index contributed by atoms with van der Waals surface area (Å²) in [7, 11) is 2.66. The van der Waals surface area contributed by atoms with Crippen LogP contribution >= 0.6 is 0 Å². The quantitative estimate of drug-likeness (QED) is 0.340. The van der Waals surface area contributed by atoms with Gasteiger partial charge >= 0.3 is 11.9 Å². The van der Waals surface area contributed by atoms with E-state index < -0.39 is 11.9 Å². The van der Waals surface area contributed by atoms with E-state index >= 15 is 0 Å². The van der Waals surface area contributed by atoms with Crippen molar-refractivity contribution in [3.63, 3.8) is 0 Å². The molecule has 0 bridgehead atoms. The highest BCUT2D eigenvalue weighted by Gasteiger charge is 2.39. The Bertz CT molecular complexity index is 1450. The molecule has 0 unspecified atom stereocenters. The Labute approximate surface area is 216 Å². The number of aromatic nitrogens is 1. The van der Waals surface area contributed by atoms with Crippen LogP contribution in [0.15, 0.2) is 77.5 Å². The van der Waals surface area contributed by atoms with Gasteiger partial charge in [-0.1, -0.05) is 42.5 Å². The van der Waals surface area contributed by atoms with Crippen molar-refractivity contribution in [2.45, 2.75) is 33.7 Å². The first-order valence-electron chi connectivity index (χ1n) is 12.0. The fourth-order valence-electron chi connectivity index (χ4n) is 4.96. The maximum absolute atomic E-state index is 13.8. The zero-order valence-electron chi connectivity index (χ0n) is 21.9. The Morgan fingerprint density at radius 1 is 0.892 bits per heavy atom. The van der Waals surface area contributed by atoms with Crippen molar-refractivity contribution < 1.29 is 23.9 Å². The molecule has 0 radical (unpaired) electrons. The molecule has 190 valence electrons. The molecule has 4 rings (SSSR count). The smallest absolute Gasteiger partial charge is 0.340 e. The second kappa shape index (κ2) is 10.3. The molecular weight excluding hydrogens is 468 g/mol. The van der Waals surface area contributed by atoms with Gasteiger partial charge in [0.1, 0.15) is 0 Å². The summed E-state index contributed by atoms with van der Waals surface area (Å²) in [6.45, 7) is 7.53. The molecule has 1 amide bonds. The topological polar surface area (TPSA) is 77.8 Å². The Hall–Kier alpha value is -4.39. The van der Waals surface area contributed by atoms with Crippen molar-refractivity contribution in [3.05, 3.63) is 106 Å². The van der Waals surface area contributed by atoms with Crippen LogP contribution in [0.2, 0.25) is 0 Å². The monoisotopic (exact) mass is 498 g/mol. The Balaban J connectivity index is 1.84. The molecule has 1 aromatic heterocycles. The largest absolute Gasteiger partial charge is 0.465 e. The van der Waals surface area contributed by atoms with Crippen LogP contribution < -0.4 is 0 Å². The summed E-state index contributed by atoms with van der Waals surface area (Å²) in [6.07, 6.45) is 1.73. The van der Waals surface area contributed by atoms with Crippen LogP contribution in [0.25, 0.3) is 11.8 Å². The lowest BCUT2D eigenvalue weighted by Gasteiger charge is -2.26. The van der Waals surface area contributed by atoms with E-state index in [-0.39, 0.29) is 23.1 Å². The van der Waals surface area contributed by atoms with E-state index in [0.717, 1.165) is 22.5 Å². The second-order valence-corrected chi connectivity index (χ2v) is 8.94. The van der Waals surface area contributed by atoms with Crippen LogP contribution in [0, 0.1) is 13.8 Å². The van der Waals surface area contributed by atoms with Gasteiger partial charge in [0.25, 0.3) is 5.91 Å². The Morgan fingerprint density at radius 3 is 2.16 bits per heavy atom.